The number of fused-ring (bicyclic) bond motifs is 8. The summed E-state index contributed by atoms with van der Waals surface area (Å²) >= 11 is 0. The van der Waals surface area contributed by atoms with Gasteiger partial charge in [0.1, 0.15) is 0 Å². The van der Waals surface area contributed by atoms with Crippen LogP contribution in [0.3, 0.4) is 0 Å². The van der Waals surface area contributed by atoms with Gasteiger partial charge in [-0.15, -0.1) is 0 Å². The summed E-state index contributed by atoms with van der Waals surface area (Å²) in [5, 5.41) is 13.4. The van der Waals surface area contributed by atoms with Gasteiger partial charge in [0.05, 0.1) is 42.9 Å². The minimum Gasteiger partial charge on any atom is -0.374 e. The topological polar surface area (TPSA) is 54.5 Å². The van der Waals surface area contributed by atoms with Gasteiger partial charge in [-0.1, -0.05) is 109 Å². The fourth-order valence-electron chi connectivity index (χ4n) is 19.5. The van der Waals surface area contributed by atoms with Gasteiger partial charge in [-0.2, -0.15) is 0 Å². The van der Waals surface area contributed by atoms with E-state index in [9.17, 15) is 0 Å². The number of rotatable bonds is 5. The van der Waals surface area contributed by atoms with E-state index in [1.807, 2.05) is 0 Å². The van der Waals surface area contributed by atoms with Crippen molar-refractivity contribution in [3.63, 3.8) is 0 Å². The second-order valence-corrected chi connectivity index (χ2v) is 24.1. The molecule has 5 nitrogen and oxygen atoms in total. The van der Waals surface area contributed by atoms with E-state index >= 15 is 0 Å². The summed E-state index contributed by atoms with van der Waals surface area (Å²) in [5.74, 6) is 13.2. The van der Waals surface area contributed by atoms with Crippen molar-refractivity contribution in [2.75, 3.05) is 0 Å². The van der Waals surface area contributed by atoms with Crippen molar-refractivity contribution >= 4 is 0 Å². The van der Waals surface area contributed by atoms with Crippen molar-refractivity contribution in [3.8, 4) is 0 Å². The van der Waals surface area contributed by atoms with Crippen LogP contribution in [0.2, 0.25) is 0 Å². The maximum atomic E-state index is 7.62. The highest BCUT2D eigenvalue weighted by molar-refractivity contribution is 5.09. The lowest BCUT2D eigenvalue weighted by Gasteiger charge is -2.57. The SMILES string of the molecule is C1CCC(C2NC(C3CCC(C4CCC(C5CCCCC5)C5OC6CC7CCCCC7CC6C45)C4CCCCC34)NC(C3CCCC4OC5CCCCC5C43)N2)CC1. The second-order valence-electron chi connectivity index (χ2n) is 24.1. The lowest BCUT2D eigenvalue weighted by atomic mass is 9.50. The molecule has 3 N–H and O–H groups in total. The Bertz CT molecular complexity index is 1380. The fourth-order valence-corrected chi connectivity index (χ4v) is 19.5. The first-order chi connectivity index (χ1) is 28.7. The standard InChI is InChI=1S/C53H87N3O2/c1-3-14-32(15-4-1)36-26-28-40(49-44-30-34-18-7-8-19-35(34)31-47(44)58-50(36)49)39-27-29-41(38-21-10-9-20-37(38)39)52-54-51(33-16-5-2-6-17-33)55-53(56-52)43-23-13-25-46-48(43)42-22-11-12-24-45(42)57-46/h32-56H,1-31H2. The Morgan fingerprint density at radius 1 is 0.259 bits per heavy atom. The zero-order chi connectivity index (χ0) is 38.2. The first-order valence-electron chi connectivity index (χ1n) is 27.3. The predicted octanol–water partition coefficient (Wildman–Crippen LogP) is 11.7. The first kappa shape index (κ1) is 39.4. The van der Waals surface area contributed by atoms with Gasteiger partial charge in [0.25, 0.3) is 0 Å². The van der Waals surface area contributed by atoms with Gasteiger partial charge in [0.2, 0.25) is 0 Å². The Kier molecular flexibility index (Phi) is 11.6. The average molecular weight is 798 g/mol. The number of ether oxygens (including phenoxy) is 2. The van der Waals surface area contributed by atoms with Crippen LogP contribution < -0.4 is 16.0 Å². The van der Waals surface area contributed by atoms with E-state index in [-0.39, 0.29) is 0 Å². The molecule has 9 aliphatic carbocycles. The molecule has 12 rings (SSSR count). The van der Waals surface area contributed by atoms with Gasteiger partial charge in [-0.25, -0.2) is 0 Å². The van der Waals surface area contributed by atoms with Crippen LogP contribution in [0.15, 0.2) is 0 Å². The molecule has 12 fully saturated rings. The first-order valence-corrected chi connectivity index (χ1v) is 27.3. The summed E-state index contributed by atoms with van der Waals surface area (Å²) in [6, 6.07) is 0. The van der Waals surface area contributed by atoms with E-state index in [2.05, 4.69) is 16.0 Å². The van der Waals surface area contributed by atoms with Crippen LogP contribution in [0.1, 0.15) is 199 Å². The van der Waals surface area contributed by atoms with Crippen molar-refractivity contribution in [1.29, 1.82) is 0 Å². The van der Waals surface area contributed by atoms with Gasteiger partial charge in [0.15, 0.2) is 0 Å². The van der Waals surface area contributed by atoms with Gasteiger partial charge >= 0.3 is 0 Å². The Morgan fingerprint density at radius 3 is 1.57 bits per heavy atom. The van der Waals surface area contributed by atoms with E-state index in [4.69, 9.17) is 9.47 Å². The third-order valence-corrected chi connectivity index (χ3v) is 21.8. The zero-order valence-corrected chi connectivity index (χ0v) is 36.9. The molecule has 0 aromatic rings. The molecule has 0 aromatic carbocycles. The molecule has 0 spiro atoms. The van der Waals surface area contributed by atoms with Crippen LogP contribution in [0, 0.1) is 88.8 Å². The van der Waals surface area contributed by atoms with Gasteiger partial charge in [-0.05, 0) is 179 Å². The smallest absolute Gasteiger partial charge is 0.0644 e. The van der Waals surface area contributed by atoms with E-state index in [0.29, 0.717) is 42.9 Å². The molecule has 3 aliphatic heterocycles. The maximum Gasteiger partial charge on any atom is 0.0644 e. The Hall–Kier alpha value is -0.200. The number of hydrogen-bond acceptors (Lipinski definition) is 5. The lowest BCUT2D eigenvalue weighted by Crippen LogP contribution is -2.74. The molecule has 58 heavy (non-hydrogen) atoms. The number of nitrogens with one attached hydrogen (secondary N) is 3. The van der Waals surface area contributed by atoms with Crippen LogP contribution in [0.4, 0.5) is 0 Å². The predicted molar refractivity (Wildman–Crippen MR) is 234 cm³/mol. The van der Waals surface area contributed by atoms with Crippen LogP contribution in [-0.4, -0.2) is 42.9 Å². The van der Waals surface area contributed by atoms with Gasteiger partial charge in [-0.3, -0.25) is 16.0 Å². The van der Waals surface area contributed by atoms with Crippen molar-refractivity contribution in [2.24, 2.45) is 88.8 Å². The highest BCUT2D eigenvalue weighted by atomic mass is 16.5. The summed E-state index contributed by atoms with van der Waals surface area (Å²) in [5.41, 5.74) is 0. The van der Waals surface area contributed by atoms with Crippen LogP contribution in [0.25, 0.3) is 0 Å². The largest absolute Gasteiger partial charge is 0.374 e. The van der Waals surface area contributed by atoms with E-state index < -0.39 is 0 Å². The van der Waals surface area contributed by atoms with Gasteiger partial charge < -0.3 is 9.47 Å². The molecule has 20 unspecified atom stereocenters. The zero-order valence-electron chi connectivity index (χ0n) is 36.9. The molecule has 20 atom stereocenters. The summed E-state index contributed by atoms with van der Waals surface area (Å²) in [7, 11) is 0. The molecule has 3 saturated heterocycles. The monoisotopic (exact) mass is 798 g/mol. The summed E-state index contributed by atoms with van der Waals surface area (Å²) in [4.78, 5) is 0. The third-order valence-electron chi connectivity index (χ3n) is 21.8. The van der Waals surface area contributed by atoms with Gasteiger partial charge in [0, 0.05) is 0 Å². The summed E-state index contributed by atoms with van der Waals surface area (Å²) in [6.07, 6.45) is 49.1. The molecule has 3 heterocycles. The minimum atomic E-state index is 0.452. The lowest BCUT2D eigenvalue weighted by molar-refractivity contribution is -0.0909. The fraction of sp³-hybridized carbons (Fsp3) is 1.00. The number of hydrogen-bond donors (Lipinski definition) is 3. The van der Waals surface area contributed by atoms with E-state index in [0.717, 1.165) is 88.8 Å². The van der Waals surface area contributed by atoms with Crippen LogP contribution in [-0.2, 0) is 9.47 Å². The van der Waals surface area contributed by atoms with Crippen molar-refractivity contribution in [2.45, 2.75) is 242 Å². The normalized spacial score (nSPS) is 54.0. The van der Waals surface area contributed by atoms with E-state index in [1.165, 1.54) is 193 Å². The molecule has 0 radical (unpaired) electrons. The molecule has 0 bridgehead atoms. The Morgan fingerprint density at radius 2 is 0.776 bits per heavy atom. The highest BCUT2D eigenvalue weighted by Crippen LogP contribution is 2.62. The molecular formula is C53H87N3O2. The molecular weight excluding hydrogens is 711 g/mol. The molecule has 0 amide bonds. The summed E-state index contributed by atoms with van der Waals surface area (Å²) < 4.78 is 14.6. The second kappa shape index (κ2) is 17.1. The van der Waals surface area contributed by atoms with Crippen LogP contribution >= 0.6 is 0 Å². The maximum absolute atomic E-state index is 7.62. The molecule has 326 valence electrons. The van der Waals surface area contributed by atoms with Crippen molar-refractivity contribution < 1.29 is 9.47 Å². The molecule has 0 aromatic heterocycles. The Labute approximate surface area is 355 Å². The van der Waals surface area contributed by atoms with Crippen LogP contribution in [0.5, 0.6) is 0 Å². The van der Waals surface area contributed by atoms with Crippen molar-refractivity contribution in [3.05, 3.63) is 0 Å². The van der Waals surface area contributed by atoms with Crippen molar-refractivity contribution in [1.82, 2.24) is 16.0 Å². The third kappa shape index (κ3) is 7.18. The Balaban J connectivity index is 0.816. The average Bonchev–Trinajstić information content (AvgIpc) is 3.86. The van der Waals surface area contributed by atoms with E-state index in [1.54, 1.807) is 6.42 Å². The minimum absolute atomic E-state index is 0.452. The highest BCUT2D eigenvalue weighted by Gasteiger charge is 2.60. The molecule has 12 aliphatic rings. The molecule has 5 heteroatoms. The molecule has 9 saturated carbocycles. The quantitative estimate of drug-likeness (QED) is 0.259. The summed E-state index contributed by atoms with van der Waals surface area (Å²) in [6.45, 7) is 0.